The third-order valence-electron chi connectivity index (χ3n) is 3.99. The maximum Gasteiger partial charge on any atom is 0.600 e. The number of aromatic amines is 1. The highest BCUT2D eigenvalue weighted by molar-refractivity contribution is 8.57. The Kier molecular flexibility index (Phi) is 5.58. The maximum atomic E-state index is 12.2. The van der Waals surface area contributed by atoms with E-state index >= 15 is 0 Å². The Balaban J connectivity index is 1.79. The van der Waals surface area contributed by atoms with E-state index in [-0.39, 0.29) is 23.4 Å². The van der Waals surface area contributed by atoms with Gasteiger partial charge in [-0.25, -0.2) is 28.5 Å². The van der Waals surface area contributed by atoms with E-state index in [0.29, 0.717) is 0 Å². The van der Waals surface area contributed by atoms with E-state index in [1.165, 1.54) is 0 Å². The first-order valence-corrected chi connectivity index (χ1v) is 13.3. The van der Waals surface area contributed by atoms with Gasteiger partial charge in [-0.1, -0.05) is 0 Å². The number of nitrogens with one attached hydrogen (secondary N) is 1. The van der Waals surface area contributed by atoms with Crippen LogP contribution in [0.25, 0.3) is 11.2 Å². The van der Waals surface area contributed by atoms with Crippen molar-refractivity contribution < 1.29 is 42.7 Å². The normalized spacial score (nSPS) is 27.4. The van der Waals surface area contributed by atoms with Gasteiger partial charge in [0.05, 0.1) is 12.7 Å². The van der Waals surface area contributed by atoms with Crippen LogP contribution in [0.1, 0.15) is 12.6 Å². The van der Waals surface area contributed by atoms with Crippen molar-refractivity contribution in [2.45, 2.75) is 24.9 Å². The van der Waals surface area contributed by atoms with Crippen LogP contribution in [0, 0.1) is 0 Å². The molecule has 0 aliphatic carbocycles. The summed E-state index contributed by atoms with van der Waals surface area (Å²) < 4.78 is 45.0. The molecule has 15 nitrogen and oxygen atoms in total. The molecule has 0 amide bonds. The lowest BCUT2D eigenvalue weighted by Crippen LogP contribution is -2.26. The number of aromatic nitrogens is 4. The minimum absolute atomic E-state index is 0.0114. The van der Waals surface area contributed by atoms with Crippen LogP contribution in [0.5, 0.6) is 0 Å². The van der Waals surface area contributed by atoms with Crippen LogP contribution in [0.2, 0.25) is 0 Å². The second kappa shape index (κ2) is 7.38. The van der Waals surface area contributed by atoms with Crippen LogP contribution in [0.4, 0.5) is 5.82 Å². The van der Waals surface area contributed by atoms with Gasteiger partial charge in [0.1, 0.15) is 24.2 Å². The van der Waals surface area contributed by atoms with Crippen LogP contribution >= 0.6 is 21.7 Å². The predicted octanol–water partition coefficient (Wildman–Crippen LogP) is -0.613. The van der Waals surface area contributed by atoms with E-state index < -0.39 is 52.5 Å². The number of nitrogens with zero attached hydrogens (tertiary/aromatic N) is 3. The Labute approximate surface area is 155 Å². The molecule has 6 atom stereocenters. The molecule has 0 spiro atoms. The van der Waals surface area contributed by atoms with E-state index in [4.69, 9.17) is 15.4 Å². The second-order valence-electron chi connectivity index (χ2n) is 5.74. The van der Waals surface area contributed by atoms with Crippen LogP contribution in [-0.2, 0) is 23.0 Å². The average molecular weight is 458 g/mol. The maximum absolute atomic E-state index is 12.2. The third kappa shape index (κ3) is 3.57. The van der Waals surface area contributed by atoms with E-state index in [2.05, 4.69) is 19.5 Å². The second-order valence-corrected chi connectivity index (χ2v) is 15.3. The van der Waals surface area contributed by atoms with E-state index in [1.54, 1.807) is 0 Å². The molecule has 2 aromatic heterocycles. The van der Waals surface area contributed by atoms with Crippen molar-refractivity contribution >= 4 is 38.7 Å². The van der Waals surface area contributed by atoms with E-state index in [1.807, 2.05) is 0 Å². The fraction of sp³-hybridized carbons (Fsp3) is 0.500. The SMILES string of the molecule is Nc1ncnc2c1[nH]c(=O)n2[C@H]1C[C@H](O)[C@@H](COP(=O)(O)P(=O)(O)[P+](=O)O)O1. The number of hydrogen-bond acceptors (Lipinski definition) is 10. The minimum Gasteiger partial charge on any atom is -0.390 e. The number of imidazole rings is 1. The van der Waals surface area contributed by atoms with Crippen LogP contribution in [-0.4, -0.2) is 58.1 Å². The van der Waals surface area contributed by atoms with Gasteiger partial charge in [-0.05, 0) is 4.57 Å². The molecule has 3 unspecified atom stereocenters. The summed E-state index contributed by atoms with van der Waals surface area (Å²) >= 11 is 0. The Morgan fingerprint density at radius 1 is 1.43 bits per heavy atom. The number of hydrogen-bond donors (Lipinski definition) is 6. The molecule has 18 heteroatoms. The van der Waals surface area contributed by atoms with Gasteiger partial charge in [0.25, 0.3) is 0 Å². The molecule has 28 heavy (non-hydrogen) atoms. The number of rotatable bonds is 6. The van der Waals surface area contributed by atoms with Crippen molar-refractivity contribution in [1.29, 1.82) is 0 Å². The van der Waals surface area contributed by atoms with Crippen molar-refractivity contribution in [2.75, 3.05) is 12.3 Å². The molecule has 0 bridgehead atoms. The molecule has 0 radical (unpaired) electrons. The Morgan fingerprint density at radius 2 is 2.11 bits per heavy atom. The zero-order chi connectivity index (χ0) is 20.9. The van der Waals surface area contributed by atoms with Gasteiger partial charge < -0.3 is 25.5 Å². The highest BCUT2D eigenvalue weighted by Crippen LogP contribution is 2.88. The number of anilines is 1. The number of H-pyrrole nitrogens is 1. The summed E-state index contributed by atoms with van der Waals surface area (Å²) in [5.74, 6) is 0.0114. The van der Waals surface area contributed by atoms with Gasteiger partial charge in [0.2, 0.25) is 0 Å². The largest absolute Gasteiger partial charge is 0.600 e. The summed E-state index contributed by atoms with van der Waals surface area (Å²) in [7, 11) is -9.28. The van der Waals surface area contributed by atoms with Gasteiger partial charge in [0.15, 0.2) is 11.5 Å². The summed E-state index contributed by atoms with van der Waals surface area (Å²) in [6.45, 7) is -6.28. The lowest BCUT2D eigenvalue weighted by atomic mass is 10.2. The number of nitrogens with two attached hydrogens (primary N) is 1. The number of aliphatic hydroxyl groups excluding tert-OH is 1. The molecule has 0 aromatic carbocycles. The Bertz CT molecular complexity index is 1080. The average Bonchev–Trinajstić information content (AvgIpc) is 3.12. The zero-order valence-electron chi connectivity index (χ0n) is 13.7. The van der Waals surface area contributed by atoms with Gasteiger partial charge in [-0.2, -0.15) is 4.89 Å². The summed E-state index contributed by atoms with van der Waals surface area (Å²) in [6, 6.07) is 0. The van der Waals surface area contributed by atoms with Crippen LogP contribution < -0.4 is 11.4 Å². The molecule has 3 rings (SSSR count). The number of fused-ring (bicyclic) bond motifs is 1. The number of ether oxygens (including phenoxy) is 1. The topological polar surface area (TPSA) is 240 Å². The fourth-order valence-electron chi connectivity index (χ4n) is 2.59. The van der Waals surface area contributed by atoms with Gasteiger partial charge in [0, 0.05) is 6.42 Å². The molecule has 154 valence electrons. The summed E-state index contributed by atoms with van der Waals surface area (Å²) in [4.78, 5) is 49.7. The lowest BCUT2D eigenvalue weighted by Gasteiger charge is -2.17. The molecule has 1 fully saturated rings. The fourth-order valence-corrected chi connectivity index (χ4v) is 6.71. The first kappa shape index (κ1) is 21.2. The molecule has 1 aliphatic heterocycles. The highest BCUT2D eigenvalue weighted by Gasteiger charge is 2.61. The van der Waals surface area contributed by atoms with Crippen molar-refractivity contribution in [3.05, 3.63) is 16.8 Å². The van der Waals surface area contributed by atoms with Gasteiger partial charge in [-0.3, -0.25) is 9.42 Å². The molecule has 1 saturated heterocycles. The van der Waals surface area contributed by atoms with Gasteiger partial charge in [-0.15, -0.1) is 0 Å². The summed E-state index contributed by atoms with van der Waals surface area (Å²) in [6.07, 6.45) is -2.66. The lowest BCUT2D eigenvalue weighted by molar-refractivity contribution is -0.0399. The van der Waals surface area contributed by atoms with Crippen molar-refractivity contribution in [3.8, 4) is 0 Å². The number of aliphatic hydroxyl groups is 1. The molecule has 2 aromatic rings. The predicted molar refractivity (Wildman–Crippen MR) is 92.5 cm³/mol. The Morgan fingerprint density at radius 3 is 2.75 bits per heavy atom. The minimum atomic E-state index is -5.43. The third-order valence-corrected chi connectivity index (χ3v) is 12.6. The number of nitrogen functional groups attached to an aromatic ring is 1. The first-order valence-electron chi connectivity index (χ1n) is 7.47. The van der Waals surface area contributed by atoms with Gasteiger partial charge >= 0.3 is 27.4 Å². The molecule has 1 aliphatic rings. The molecule has 3 heterocycles. The molecule has 7 N–H and O–H groups in total. The van der Waals surface area contributed by atoms with Crippen molar-refractivity contribution in [3.63, 3.8) is 0 Å². The molecule has 0 saturated carbocycles. The quantitative estimate of drug-likeness (QED) is 0.296. The monoisotopic (exact) mass is 458 g/mol. The molecular formula is C10H15N5O10P3+. The summed E-state index contributed by atoms with van der Waals surface area (Å²) in [5.41, 5.74) is 5.24. The first-order chi connectivity index (χ1) is 13.0. The van der Waals surface area contributed by atoms with Crippen LogP contribution in [0.3, 0.4) is 0 Å². The van der Waals surface area contributed by atoms with E-state index in [0.717, 1.165) is 10.9 Å². The van der Waals surface area contributed by atoms with Crippen LogP contribution in [0.15, 0.2) is 11.1 Å². The summed E-state index contributed by atoms with van der Waals surface area (Å²) in [5, 5.41) is 10.1. The van der Waals surface area contributed by atoms with Crippen molar-refractivity contribution in [2.24, 2.45) is 0 Å². The standard InChI is InChI=1S/C10H14N5O10P3/c11-8-7-9(13-3-12-8)15(10(17)14-7)6-1-4(16)5(25-6)2-24-27(20,21)28(22,23)26(18)19/h3-6,16H,1-2H2,(H5-,11,12,13,14,17,18,19,20,21,22,23)/p+1/t4-,5+,6+/m0/s1. The van der Waals surface area contributed by atoms with Crippen molar-refractivity contribution in [1.82, 2.24) is 19.5 Å². The smallest absolute Gasteiger partial charge is 0.390 e. The van der Waals surface area contributed by atoms with E-state index in [9.17, 15) is 33.4 Å². The highest BCUT2D eigenvalue weighted by atomic mass is 32.5. The molecular weight excluding hydrogens is 443 g/mol. The zero-order valence-corrected chi connectivity index (χ0v) is 16.4. The Hall–Kier alpha value is -1.53.